The second-order valence-electron chi connectivity index (χ2n) is 17.2. The Kier molecular flexibility index (Phi) is 8.18. The van der Waals surface area contributed by atoms with Crippen LogP contribution >= 0.6 is 0 Å². The lowest BCUT2D eigenvalue weighted by Gasteiger charge is -2.13. The van der Waals surface area contributed by atoms with Crippen molar-refractivity contribution in [3.05, 3.63) is 224 Å². The van der Waals surface area contributed by atoms with E-state index < -0.39 is 0 Å². The van der Waals surface area contributed by atoms with Gasteiger partial charge in [-0.1, -0.05) is 164 Å². The summed E-state index contributed by atoms with van der Waals surface area (Å²) in [4.78, 5) is 16.0. The molecule has 0 unspecified atom stereocenters. The maximum absolute atomic E-state index is 6.98. The van der Waals surface area contributed by atoms with E-state index in [-0.39, 0.29) is 0 Å². The van der Waals surface area contributed by atoms with E-state index in [9.17, 15) is 0 Å². The number of fused-ring (bicyclic) bond motifs is 10. The van der Waals surface area contributed by atoms with Crippen LogP contribution in [0.15, 0.2) is 229 Å². The van der Waals surface area contributed by atoms with Crippen LogP contribution < -0.4 is 0 Å². The third kappa shape index (κ3) is 5.86. The Balaban J connectivity index is 1.02. The van der Waals surface area contributed by atoms with E-state index >= 15 is 0 Å². The van der Waals surface area contributed by atoms with Gasteiger partial charge in [0, 0.05) is 54.7 Å². The van der Waals surface area contributed by atoms with Gasteiger partial charge in [-0.15, -0.1) is 0 Å². The molecule has 0 amide bonds. The van der Waals surface area contributed by atoms with Crippen molar-refractivity contribution in [2.75, 3.05) is 0 Å². The van der Waals surface area contributed by atoms with Crippen LogP contribution in [0, 0.1) is 0 Å². The Hall–Kier alpha value is -9.13. The molecule has 14 rings (SSSR count). The van der Waals surface area contributed by atoms with Gasteiger partial charge in [0.2, 0.25) is 0 Å². The molecule has 14 aromatic rings. The molecule has 67 heavy (non-hydrogen) atoms. The van der Waals surface area contributed by atoms with E-state index in [0.29, 0.717) is 17.5 Å². The lowest BCUT2D eigenvalue weighted by Crippen LogP contribution is -2.02. The third-order valence-corrected chi connectivity index (χ3v) is 13.4. The minimum atomic E-state index is 0.562. The van der Waals surface area contributed by atoms with Gasteiger partial charge in [-0.3, -0.25) is 0 Å². The van der Waals surface area contributed by atoms with Gasteiger partial charge < -0.3 is 13.6 Å². The average Bonchev–Trinajstić information content (AvgIpc) is 4.06. The number of rotatable bonds is 6. The molecular formula is C61H37N5O. The molecule has 0 fully saturated rings. The summed E-state index contributed by atoms with van der Waals surface area (Å²) >= 11 is 0. The van der Waals surface area contributed by atoms with Crippen LogP contribution in [0.1, 0.15) is 0 Å². The Morgan fingerprint density at radius 2 is 0.866 bits per heavy atom. The zero-order valence-electron chi connectivity index (χ0n) is 36.0. The number of hydrogen-bond acceptors (Lipinski definition) is 4. The maximum Gasteiger partial charge on any atom is 0.164 e. The molecule has 0 N–H and O–H groups in total. The van der Waals surface area contributed by atoms with Gasteiger partial charge in [0.1, 0.15) is 5.58 Å². The van der Waals surface area contributed by atoms with Crippen molar-refractivity contribution >= 4 is 76.3 Å². The van der Waals surface area contributed by atoms with Gasteiger partial charge >= 0.3 is 0 Å². The second kappa shape index (κ2) is 14.7. The predicted molar refractivity (Wildman–Crippen MR) is 275 cm³/mol. The molecule has 6 heteroatoms. The maximum atomic E-state index is 6.98. The van der Waals surface area contributed by atoms with Crippen LogP contribution in [-0.2, 0) is 0 Å². The monoisotopic (exact) mass is 855 g/mol. The summed E-state index contributed by atoms with van der Waals surface area (Å²) in [5.74, 6) is 1.73. The van der Waals surface area contributed by atoms with Gasteiger partial charge in [0.05, 0.1) is 27.8 Å². The Bertz CT molecular complexity index is 4260. The summed E-state index contributed by atoms with van der Waals surface area (Å²) in [7, 11) is 0. The number of nitrogens with zero attached hydrogens (tertiary/aromatic N) is 5. The lowest BCUT2D eigenvalue weighted by molar-refractivity contribution is 0.666. The van der Waals surface area contributed by atoms with Crippen molar-refractivity contribution in [3.63, 3.8) is 0 Å². The van der Waals surface area contributed by atoms with Crippen LogP contribution in [0.2, 0.25) is 0 Å². The van der Waals surface area contributed by atoms with Crippen molar-refractivity contribution in [2.24, 2.45) is 0 Å². The summed E-state index contributed by atoms with van der Waals surface area (Å²) in [6.07, 6.45) is 0. The molecule has 6 nitrogen and oxygen atoms in total. The Morgan fingerprint density at radius 1 is 0.328 bits per heavy atom. The number of furan rings is 1. The fourth-order valence-corrected chi connectivity index (χ4v) is 10.3. The predicted octanol–water partition coefficient (Wildman–Crippen LogP) is 15.8. The number of hydrogen-bond donors (Lipinski definition) is 0. The largest absolute Gasteiger partial charge is 0.454 e. The van der Waals surface area contributed by atoms with Crippen LogP contribution in [0.4, 0.5) is 0 Å². The third-order valence-electron chi connectivity index (χ3n) is 13.4. The SMILES string of the molecule is c1ccc(-c2ccc(-c3nc(-c4ccc5c6ccccc6n(-c6ccccc6)c5c4)nc(-c4ccc(-n5c6ccccc6c6cc7ccccc7cc65)c5oc6ccccc6c45)n3)cc2)cc1. The number of aromatic nitrogens is 5. The molecule has 0 saturated heterocycles. The van der Waals surface area contributed by atoms with Crippen molar-refractivity contribution in [1.82, 2.24) is 24.1 Å². The molecule has 0 spiro atoms. The molecule has 4 aromatic heterocycles. The van der Waals surface area contributed by atoms with E-state index in [1.54, 1.807) is 0 Å². The topological polar surface area (TPSA) is 61.7 Å². The Morgan fingerprint density at radius 3 is 1.64 bits per heavy atom. The summed E-state index contributed by atoms with van der Waals surface area (Å²) in [6.45, 7) is 0. The zero-order chi connectivity index (χ0) is 44.0. The normalized spacial score (nSPS) is 11.9. The zero-order valence-corrected chi connectivity index (χ0v) is 36.0. The molecule has 0 saturated carbocycles. The van der Waals surface area contributed by atoms with Crippen LogP contribution in [0.3, 0.4) is 0 Å². The van der Waals surface area contributed by atoms with Gasteiger partial charge in [-0.2, -0.15) is 0 Å². The lowest BCUT2D eigenvalue weighted by atomic mass is 10.0. The standard InChI is InChI=1S/C61H37N5O/c1-3-15-38(16-4-1)39-27-29-40(30-28-39)59-62-60(43-31-32-47-45-21-9-12-24-51(45)65(54(47)37-43)44-19-5-2-6-20-44)64-61(63-59)49-33-34-53(58-57(49)48-23-11-14-26-56(48)67-58)66-52-25-13-10-22-46(52)50-35-41-17-7-8-18-42(41)36-55(50)66/h1-37H. The Labute approximate surface area is 384 Å². The van der Waals surface area contributed by atoms with Crippen LogP contribution in [-0.4, -0.2) is 24.1 Å². The fraction of sp³-hybridized carbons (Fsp3) is 0. The summed E-state index contributed by atoms with van der Waals surface area (Å²) in [5.41, 5.74) is 12.9. The first-order valence-corrected chi connectivity index (χ1v) is 22.6. The van der Waals surface area contributed by atoms with Crippen molar-refractivity contribution in [2.45, 2.75) is 0 Å². The highest BCUT2D eigenvalue weighted by molar-refractivity contribution is 6.18. The van der Waals surface area contributed by atoms with Crippen molar-refractivity contribution < 1.29 is 4.42 Å². The first-order chi connectivity index (χ1) is 33.2. The molecule has 0 aliphatic heterocycles. The van der Waals surface area contributed by atoms with Crippen LogP contribution in [0.5, 0.6) is 0 Å². The van der Waals surface area contributed by atoms with E-state index in [1.165, 1.54) is 26.9 Å². The second-order valence-corrected chi connectivity index (χ2v) is 17.2. The number of benzene rings is 10. The van der Waals surface area contributed by atoms with E-state index in [1.807, 2.05) is 18.2 Å². The van der Waals surface area contributed by atoms with Gasteiger partial charge in [0.15, 0.2) is 23.1 Å². The molecular weight excluding hydrogens is 819 g/mol. The summed E-state index contributed by atoms with van der Waals surface area (Å²) < 4.78 is 11.7. The highest BCUT2D eigenvalue weighted by atomic mass is 16.3. The molecule has 0 radical (unpaired) electrons. The molecule has 0 atom stereocenters. The van der Waals surface area contributed by atoms with E-state index in [4.69, 9.17) is 19.4 Å². The minimum absolute atomic E-state index is 0.562. The molecule has 312 valence electrons. The smallest absolute Gasteiger partial charge is 0.164 e. The molecule has 0 aliphatic rings. The van der Waals surface area contributed by atoms with E-state index in [0.717, 1.165) is 88.6 Å². The average molecular weight is 856 g/mol. The molecule has 10 aromatic carbocycles. The van der Waals surface area contributed by atoms with E-state index in [2.05, 4.69) is 215 Å². The van der Waals surface area contributed by atoms with Gasteiger partial charge in [-0.05, 0) is 82.6 Å². The molecule has 0 bridgehead atoms. The fourth-order valence-electron chi connectivity index (χ4n) is 10.3. The summed E-state index contributed by atoms with van der Waals surface area (Å²) in [5, 5.41) is 9.05. The highest BCUT2D eigenvalue weighted by Crippen LogP contribution is 2.43. The minimum Gasteiger partial charge on any atom is -0.454 e. The highest BCUT2D eigenvalue weighted by Gasteiger charge is 2.24. The summed E-state index contributed by atoms with van der Waals surface area (Å²) in [6, 6.07) is 79.1. The molecule has 0 aliphatic carbocycles. The molecule has 4 heterocycles. The first-order valence-electron chi connectivity index (χ1n) is 22.6. The first kappa shape index (κ1) is 37.3. The quantitative estimate of drug-likeness (QED) is 0.167. The number of para-hydroxylation sites is 4. The van der Waals surface area contributed by atoms with Crippen molar-refractivity contribution in [1.29, 1.82) is 0 Å². The van der Waals surface area contributed by atoms with Gasteiger partial charge in [-0.25, -0.2) is 15.0 Å². The van der Waals surface area contributed by atoms with Gasteiger partial charge in [0.25, 0.3) is 0 Å². The van der Waals surface area contributed by atoms with Crippen molar-refractivity contribution in [3.8, 4) is 56.7 Å². The van der Waals surface area contributed by atoms with Crippen LogP contribution in [0.25, 0.3) is 133 Å².